The summed E-state index contributed by atoms with van der Waals surface area (Å²) < 4.78 is 80.2. The molecule has 2 heterocycles. The molecule has 0 amide bonds. The zero-order valence-electron chi connectivity index (χ0n) is 17.8. The molecule has 2 aromatic carbocycles. The van der Waals surface area contributed by atoms with Gasteiger partial charge in [0, 0.05) is 32.5 Å². The number of sulfonamides is 2. The number of hydrogen-bond donors (Lipinski definition) is 0. The van der Waals surface area contributed by atoms with E-state index in [1.54, 1.807) is 24.3 Å². The predicted octanol–water partition coefficient (Wildman–Crippen LogP) is 2.34. The molecule has 2 aromatic rings. The van der Waals surface area contributed by atoms with E-state index in [-0.39, 0.29) is 54.6 Å². The molecular formula is C21H25FN2O6S2. The molecular weight excluding hydrogens is 459 g/mol. The van der Waals surface area contributed by atoms with Crippen LogP contribution >= 0.6 is 0 Å². The van der Waals surface area contributed by atoms with Gasteiger partial charge in [-0.1, -0.05) is 17.7 Å². The fourth-order valence-electron chi connectivity index (χ4n) is 4.23. The van der Waals surface area contributed by atoms with Gasteiger partial charge in [-0.15, -0.1) is 0 Å². The molecule has 0 saturated carbocycles. The zero-order chi connectivity index (χ0) is 23.1. The molecule has 0 aromatic heterocycles. The van der Waals surface area contributed by atoms with Crippen molar-refractivity contribution < 1.29 is 30.7 Å². The summed E-state index contributed by atoms with van der Waals surface area (Å²) in [5.41, 5.74) is -0.162. The van der Waals surface area contributed by atoms with Gasteiger partial charge in [0.25, 0.3) is 0 Å². The standard InChI is InChI=1S/C21H25FN2O6S2/c1-16-3-6-18(7-4-16)31(25,26)24-13-14-30-21(24)9-11-23(12-10-21)32(27,28)20-15-17(22)5-8-19(20)29-2/h3-8,15H,9-14H2,1-2H3. The van der Waals surface area contributed by atoms with Crippen molar-refractivity contribution in [1.29, 1.82) is 0 Å². The Hall–Kier alpha value is -2.05. The van der Waals surface area contributed by atoms with Crippen LogP contribution in [0.2, 0.25) is 0 Å². The Labute approximate surface area is 187 Å². The zero-order valence-corrected chi connectivity index (χ0v) is 19.5. The van der Waals surface area contributed by atoms with Crippen LogP contribution in [0.4, 0.5) is 4.39 Å². The molecule has 1 spiro atoms. The summed E-state index contributed by atoms with van der Waals surface area (Å²) in [7, 11) is -6.54. The molecule has 0 bridgehead atoms. The average molecular weight is 485 g/mol. The quantitative estimate of drug-likeness (QED) is 0.647. The first-order chi connectivity index (χ1) is 15.1. The first kappa shape index (κ1) is 23.1. The SMILES string of the molecule is COc1ccc(F)cc1S(=O)(=O)N1CCC2(CC1)OCCN2S(=O)(=O)c1ccc(C)cc1. The molecule has 2 aliphatic rings. The van der Waals surface area contributed by atoms with Crippen molar-refractivity contribution >= 4 is 20.0 Å². The number of aryl methyl sites for hydroxylation is 1. The van der Waals surface area contributed by atoms with Crippen molar-refractivity contribution in [3.8, 4) is 5.75 Å². The van der Waals surface area contributed by atoms with Gasteiger partial charge in [-0.05, 0) is 37.3 Å². The van der Waals surface area contributed by atoms with Gasteiger partial charge in [-0.2, -0.15) is 8.61 Å². The van der Waals surface area contributed by atoms with E-state index in [2.05, 4.69) is 0 Å². The number of methoxy groups -OCH3 is 1. The fraction of sp³-hybridized carbons (Fsp3) is 0.429. The lowest BCUT2D eigenvalue weighted by Crippen LogP contribution is -2.55. The van der Waals surface area contributed by atoms with Crippen LogP contribution in [-0.2, 0) is 24.8 Å². The Balaban J connectivity index is 1.58. The summed E-state index contributed by atoms with van der Waals surface area (Å²) >= 11 is 0. The number of piperidine rings is 1. The third kappa shape index (κ3) is 3.92. The summed E-state index contributed by atoms with van der Waals surface area (Å²) in [5, 5.41) is 0. The van der Waals surface area contributed by atoms with Gasteiger partial charge in [0.1, 0.15) is 22.2 Å². The summed E-state index contributed by atoms with van der Waals surface area (Å²) in [6, 6.07) is 9.92. The van der Waals surface area contributed by atoms with Gasteiger partial charge >= 0.3 is 0 Å². The minimum Gasteiger partial charge on any atom is -0.495 e. The van der Waals surface area contributed by atoms with Crippen molar-refractivity contribution in [1.82, 2.24) is 8.61 Å². The van der Waals surface area contributed by atoms with Gasteiger partial charge in [0.05, 0.1) is 18.6 Å². The molecule has 0 radical (unpaired) electrons. The van der Waals surface area contributed by atoms with Crippen molar-refractivity contribution in [3.63, 3.8) is 0 Å². The average Bonchev–Trinajstić information content (AvgIpc) is 3.18. The molecule has 0 aliphatic carbocycles. The van der Waals surface area contributed by atoms with E-state index in [0.29, 0.717) is 0 Å². The third-order valence-corrected chi connectivity index (χ3v) is 9.86. The van der Waals surface area contributed by atoms with E-state index in [1.807, 2.05) is 6.92 Å². The van der Waals surface area contributed by atoms with Crippen LogP contribution in [0.5, 0.6) is 5.75 Å². The van der Waals surface area contributed by atoms with E-state index in [4.69, 9.17) is 9.47 Å². The minimum absolute atomic E-state index is 0.0297. The van der Waals surface area contributed by atoms with Crippen LogP contribution in [0.15, 0.2) is 52.3 Å². The van der Waals surface area contributed by atoms with Crippen molar-refractivity contribution in [3.05, 3.63) is 53.8 Å². The predicted molar refractivity (Wildman–Crippen MR) is 115 cm³/mol. The van der Waals surface area contributed by atoms with Gasteiger partial charge in [-0.25, -0.2) is 21.2 Å². The fourth-order valence-corrected chi connectivity index (χ4v) is 7.56. The number of halogens is 1. The molecule has 2 fully saturated rings. The monoisotopic (exact) mass is 484 g/mol. The Bertz CT molecular complexity index is 1210. The molecule has 174 valence electrons. The van der Waals surface area contributed by atoms with Gasteiger partial charge in [-0.3, -0.25) is 0 Å². The molecule has 11 heteroatoms. The van der Waals surface area contributed by atoms with E-state index < -0.39 is 31.6 Å². The van der Waals surface area contributed by atoms with Gasteiger partial charge < -0.3 is 9.47 Å². The van der Waals surface area contributed by atoms with E-state index >= 15 is 0 Å². The number of ether oxygens (including phenoxy) is 2. The highest BCUT2D eigenvalue weighted by Crippen LogP contribution is 2.40. The van der Waals surface area contributed by atoms with Crippen molar-refractivity contribution in [2.45, 2.75) is 35.3 Å². The highest BCUT2D eigenvalue weighted by Gasteiger charge is 2.51. The highest BCUT2D eigenvalue weighted by molar-refractivity contribution is 7.89. The first-order valence-corrected chi connectivity index (χ1v) is 13.1. The summed E-state index contributed by atoms with van der Waals surface area (Å²) in [6.07, 6.45) is 0.323. The number of hydrogen-bond acceptors (Lipinski definition) is 6. The Kier molecular flexibility index (Phi) is 6.05. The van der Waals surface area contributed by atoms with Crippen molar-refractivity contribution in [2.24, 2.45) is 0 Å². The van der Waals surface area contributed by atoms with Crippen LogP contribution in [0.1, 0.15) is 18.4 Å². The number of nitrogens with zero attached hydrogens (tertiary/aromatic N) is 2. The lowest BCUT2D eigenvalue weighted by atomic mass is 10.0. The maximum Gasteiger partial charge on any atom is 0.246 e. The lowest BCUT2D eigenvalue weighted by Gasteiger charge is -2.42. The molecule has 4 rings (SSSR count). The molecule has 0 N–H and O–H groups in total. The van der Waals surface area contributed by atoms with Crippen LogP contribution in [0.25, 0.3) is 0 Å². The molecule has 0 unspecified atom stereocenters. The molecule has 32 heavy (non-hydrogen) atoms. The highest BCUT2D eigenvalue weighted by atomic mass is 32.2. The molecule has 2 aliphatic heterocycles. The normalized spacial score (nSPS) is 20.0. The second-order valence-electron chi connectivity index (χ2n) is 7.88. The maximum absolute atomic E-state index is 13.8. The minimum atomic E-state index is -4.04. The number of rotatable bonds is 5. The Morgan fingerprint density at radius 3 is 2.25 bits per heavy atom. The summed E-state index contributed by atoms with van der Waals surface area (Å²) in [5.74, 6) is -0.639. The van der Waals surface area contributed by atoms with Crippen LogP contribution in [0.3, 0.4) is 0 Å². The second-order valence-corrected chi connectivity index (χ2v) is 11.7. The summed E-state index contributed by atoms with van der Waals surface area (Å²) in [6.45, 7) is 2.36. The van der Waals surface area contributed by atoms with E-state index in [0.717, 1.165) is 17.7 Å². The van der Waals surface area contributed by atoms with Gasteiger partial charge in [0.2, 0.25) is 20.0 Å². The molecule has 8 nitrogen and oxygen atoms in total. The number of benzene rings is 2. The Morgan fingerprint density at radius 1 is 0.969 bits per heavy atom. The van der Waals surface area contributed by atoms with Crippen LogP contribution < -0.4 is 4.74 Å². The van der Waals surface area contributed by atoms with Gasteiger partial charge in [0.15, 0.2) is 0 Å². The summed E-state index contributed by atoms with van der Waals surface area (Å²) in [4.78, 5) is -0.0834. The first-order valence-electron chi connectivity index (χ1n) is 10.2. The van der Waals surface area contributed by atoms with E-state index in [9.17, 15) is 21.2 Å². The maximum atomic E-state index is 13.8. The lowest BCUT2D eigenvalue weighted by molar-refractivity contribution is -0.0806. The van der Waals surface area contributed by atoms with Crippen LogP contribution in [-0.4, -0.2) is 64.5 Å². The van der Waals surface area contributed by atoms with Crippen LogP contribution in [0, 0.1) is 12.7 Å². The largest absolute Gasteiger partial charge is 0.495 e. The molecule has 0 atom stereocenters. The smallest absolute Gasteiger partial charge is 0.246 e. The van der Waals surface area contributed by atoms with Crippen molar-refractivity contribution in [2.75, 3.05) is 33.4 Å². The second kappa shape index (κ2) is 8.38. The third-order valence-electron chi connectivity index (χ3n) is 5.98. The topological polar surface area (TPSA) is 93.2 Å². The Morgan fingerprint density at radius 2 is 1.62 bits per heavy atom. The van der Waals surface area contributed by atoms with E-state index in [1.165, 1.54) is 21.8 Å². The molecule has 2 saturated heterocycles.